The van der Waals surface area contributed by atoms with Crippen LogP contribution in [-0.4, -0.2) is 41.0 Å². The van der Waals surface area contributed by atoms with E-state index in [0.29, 0.717) is 5.92 Å². The van der Waals surface area contributed by atoms with Gasteiger partial charge in [-0.2, -0.15) is 0 Å². The Morgan fingerprint density at radius 2 is 1.86 bits per heavy atom. The molecular weight excluding hydrogens is 274 g/mol. The van der Waals surface area contributed by atoms with Gasteiger partial charge in [0.1, 0.15) is 6.04 Å². The first kappa shape index (κ1) is 17.4. The fourth-order valence-electron chi connectivity index (χ4n) is 2.51. The molecule has 1 aliphatic carbocycles. The summed E-state index contributed by atoms with van der Waals surface area (Å²) in [6.07, 6.45) is 3.87. The van der Waals surface area contributed by atoms with E-state index in [-0.39, 0.29) is 11.9 Å². The molecule has 1 fully saturated rings. The maximum absolute atomic E-state index is 12.1. The predicted molar refractivity (Wildman–Crippen MR) is 77.4 cm³/mol. The fraction of sp³-hybridized carbons (Fsp3) is 0.786. The van der Waals surface area contributed by atoms with Crippen LogP contribution in [0.3, 0.4) is 0 Å². The van der Waals surface area contributed by atoms with Gasteiger partial charge >= 0.3 is 5.97 Å². The standard InChI is InChI=1S/C14H25N3O4/c1-8-5-3-4-6-11(8)17-13(20)9(2)16-14(21)10(15)7-12(18)19/h8-11H,3-7,15H2,1-2H3,(H,16,21)(H,17,20)(H,18,19)/t8-,9-,10+,11-/m1/s1. The summed E-state index contributed by atoms with van der Waals surface area (Å²) in [5.74, 6) is -1.60. The van der Waals surface area contributed by atoms with Gasteiger partial charge in [0.25, 0.3) is 0 Å². The summed E-state index contributed by atoms with van der Waals surface area (Å²) in [6, 6.07) is -1.74. The zero-order valence-corrected chi connectivity index (χ0v) is 12.6. The highest BCUT2D eigenvalue weighted by Crippen LogP contribution is 2.23. The lowest BCUT2D eigenvalue weighted by molar-refractivity contribution is -0.139. The fourth-order valence-corrected chi connectivity index (χ4v) is 2.51. The van der Waals surface area contributed by atoms with E-state index in [2.05, 4.69) is 17.6 Å². The smallest absolute Gasteiger partial charge is 0.305 e. The van der Waals surface area contributed by atoms with Crippen molar-refractivity contribution in [2.75, 3.05) is 0 Å². The highest BCUT2D eigenvalue weighted by molar-refractivity contribution is 5.91. The Balaban J connectivity index is 2.43. The van der Waals surface area contributed by atoms with Crippen LogP contribution in [-0.2, 0) is 14.4 Å². The van der Waals surface area contributed by atoms with Crippen molar-refractivity contribution in [2.45, 2.75) is 64.1 Å². The van der Waals surface area contributed by atoms with E-state index < -0.39 is 30.4 Å². The summed E-state index contributed by atoms with van der Waals surface area (Å²) in [4.78, 5) is 34.2. The van der Waals surface area contributed by atoms with E-state index in [1.165, 1.54) is 6.42 Å². The molecule has 1 aliphatic rings. The van der Waals surface area contributed by atoms with Gasteiger partial charge in [-0.05, 0) is 25.7 Å². The molecule has 4 atom stereocenters. The molecule has 2 amide bonds. The van der Waals surface area contributed by atoms with Crippen molar-refractivity contribution in [3.05, 3.63) is 0 Å². The monoisotopic (exact) mass is 299 g/mol. The van der Waals surface area contributed by atoms with E-state index in [1.807, 2.05) is 0 Å². The van der Waals surface area contributed by atoms with Gasteiger partial charge in [0.15, 0.2) is 0 Å². The SMILES string of the molecule is C[C@@H]1CCCC[C@H]1NC(=O)[C@@H](C)NC(=O)[C@@H](N)CC(=O)O. The van der Waals surface area contributed by atoms with Gasteiger partial charge in [0, 0.05) is 6.04 Å². The van der Waals surface area contributed by atoms with Crippen LogP contribution < -0.4 is 16.4 Å². The Morgan fingerprint density at radius 1 is 1.24 bits per heavy atom. The lowest BCUT2D eigenvalue weighted by Crippen LogP contribution is -2.53. The maximum atomic E-state index is 12.1. The number of amides is 2. The number of aliphatic carboxylic acids is 1. The number of carboxylic acid groups (broad SMARTS) is 1. The zero-order chi connectivity index (χ0) is 16.0. The van der Waals surface area contributed by atoms with E-state index in [0.717, 1.165) is 19.3 Å². The first-order chi connectivity index (χ1) is 9.81. The molecule has 0 spiro atoms. The summed E-state index contributed by atoms with van der Waals surface area (Å²) in [5, 5.41) is 14.0. The second kappa shape index (κ2) is 7.97. The average Bonchev–Trinajstić information content (AvgIpc) is 2.40. The zero-order valence-electron chi connectivity index (χ0n) is 12.6. The number of nitrogens with one attached hydrogen (secondary N) is 2. The Morgan fingerprint density at radius 3 is 2.43 bits per heavy atom. The van der Waals surface area contributed by atoms with E-state index in [9.17, 15) is 14.4 Å². The Hall–Kier alpha value is -1.63. The lowest BCUT2D eigenvalue weighted by Gasteiger charge is -2.30. The van der Waals surface area contributed by atoms with Gasteiger partial charge in [-0.15, -0.1) is 0 Å². The third kappa shape index (κ3) is 5.71. The summed E-state index contributed by atoms with van der Waals surface area (Å²) in [5.41, 5.74) is 5.45. The molecular formula is C14H25N3O4. The molecule has 0 aromatic heterocycles. The number of carbonyl (C=O) groups is 3. The number of carboxylic acids is 1. The minimum atomic E-state index is -1.15. The summed E-state index contributed by atoms with van der Waals surface area (Å²) < 4.78 is 0. The summed E-state index contributed by atoms with van der Waals surface area (Å²) >= 11 is 0. The van der Waals surface area contributed by atoms with Gasteiger partial charge < -0.3 is 21.5 Å². The summed E-state index contributed by atoms with van der Waals surface area (Å²) in [6.45, 7) is 3.67. The van der Waals surface area contributed by atoms with Crippen LogP contribution in [0.5, 0.6) is 0 Å². The molecule has 0 saturated heterocycles. The second-order valence-corrected chi connectivity index (χ2v) is 5.81. The Bertz CT molecular complexity index is 400. The number of rotatable bonds is 6. The van der Waals surface area contributed by atoms with Crippen molar-refractivity contribution < 1.29 is 19.5 Å². The molecule has 5 N–H and O–H groups in total. The van der Waals surface area contributed by atoms with Crippen LogP contribution in [0.1, 0.15) is 46.0 Å². The Kier molecular flexibility index (Phi) is 6.61. The molecule has 0 aliphatic heterocycles. The topological polar surface area (TPSA) is 122 Å². The average molecular weight is 299 g/mol. The van der Waals surface area contributed by atoms with Gasteiger partial charge in [0.2, 0.25) is 11.8 Å². The molecule has 0 unspecified atom stereocenters. The van der Waals surface area contributed by atoms with Gasteiger partial charge in [0.05, 0.1) is 12.5 Å². The maximum Gasteiger partial charge on any atom is 0.305 e. The van der Waals surface area contributed by atoms with Gasteiger partial charge in [-0.1, -0.05) is 19.8 Å². The van der Waals surface area contributed by atoms with Crippen LogP contribution >= 0.6 is 0 Å². The van der Waals surface area contributed by atoms with Crippen LogP contribution in [0.15, 0.2) is 0 Å². The minimum absolute atomic E-state index is 0.137. The second-order valence-electron chi connectivity index (χ2n) is 5.81. The highest BCUT2D eigenvalue weighted by atomic mass is 16.4. The molecule has 0 aromatic carbocycles. The number of nitrogens with two attached hydrogens (primary N) is 1. The summed E-state index contributed by atoms with van der Waals surface area (Å²) in [7, 11) is 0. The van der Waals surface area contributed by atoms with E-state index in [1.54, 1.807) is 6.92 Å². The first-order valence-electron chi connectivity index (χ1n) is 7.39. The van der Waals surface area contributed by atoms with Gasteiger partial charge in [-0.25, -0.2) is 0 Å². The quantitative estimate of drug-likeness (QED) is 0.549. The number of hydrogen-bond donors (Lipinski definition) is 4. The van der Waals surface area contributed by atoms with Crippen LogP contribution in [0.25, 0.3) is 0 Å². The molecule has 7 nitrogen and oxygen atoms in total. The molecule has 1 saturated carbocycles. The molecule has 1 rings (SSSR count). The molecule has 0 aromatic rings. The normalized spacial score (nSPS) is 24.7. The van der Waals surface area contributed by atoms with Crippen molar-refractivity contribution in [3.63, 3.8) is 0 Å². The lowest BCUT2D eigenvalue weighted by atomic mass is 9.86. The highest BCUT2D eigenvalue weighted by Gasteiger charge is 2.26. The van der Waals surface area contributed by atoms with E-state index >= 15 is 0 Å². The first-order valence-corrected chi connectivity index (χ1v) is 7.39. The largest absolute Gasteiger partial charge is 0.481 e. The minimum Gasteiger partial charge on any atom is -0.481 e. The van der Waals surface area contributed by atoms with Crippen LogP contribution in [0, 0.1) is 5.92 Å². The number of carbonyl (C=O) groups excluding carboxylic acids is 2. The molecule has 120 valence electrons. The van der Waals surface area contributed by atoms with Gasteiger partial charge in [-0.3, -0.25) is 14.4 Å². The molecule has 0 radical (unpaired) electrons. The van der Waals surface area contributed by atoms with Crippen LogP contribution in [0.4, 0.5) is 0 Å². The third-order valence-corrected chi connectivity index (χ3v) is 3.92. The Labute approximate surface area is 124 Å². The van der Waals surface area contributed by atoms with Crippen molar-refractivity contribution in [2.24, 2.45) is 11.7 Å². The molecule has 0 bridgehead atoms. The van der Waals surface area contributed by atoms with Crippen molar-refractivity contribution in [3.8, 4) is 0 Å². The van der Waals surface area contributed by atoms with E-state index in [4.69, 9.17) is 10.8 Å². The van der Waals surface area contributed by atoms with Crippen molar-refractivity contribution >= 4 is 17.8 Å². The molecule has 21 heavy (non-hydrogen) atoms. The predicted octanol–water partition coefficient (Wildman–Crippen LogP) is -0.0120. The van der Waals surface area contributed by atoms with Crippen LogP contribution in [0.2, 0.25) is 0 Å². The third-order valence-electron chi connectivity index (χ3n) is 3.92. The number of hydrogen-bond acceptors (Lipinski definition) is 4. The molecule has 0 heterocycles. The molecule has 7 heteroatoms. The van der Waals surface area contributed by atoms with Crippen molar-refractivity contribution in [1.82, 2.24) is 10.6 Å². The van der Waals surface area contributed by atoms with Crippen molar-refractivity contribution in [1.29, 1.82) is 0 Å².